The van der Waals surface area contributed by atoms with E-state index in [4.69, 9.17) is 0 Å². The van der Waals surface area contributed by atoms with Crippen molar-refractivity contribution < 1.29 is 17.6 Å². The van der Waals surface area contributed by atoms with Gasteiger partial charge in [0.2, 0.25) is 5.91 Å². The summed E-state index contributed by atoms with van der Waals surface area (Å²) in [6, 6.07) is 13.8. The molecule has 1 amide bonds. The Morgan fingerprint density at radius 2 is 1.62 bits per heavy atom. The Bertz CT molecular complexity index is 1020. The van der Waals surface area contributed by atoms with Crippen LogP contribution in [0.5, 0.6) is 0 Å². The number of carbonyl (C=O) groups is 1. The third kappa shape index (κ3) is 4.23. The second-order valence-electron chi connectivity index (χ2n) is 7.21. The average Bonchev–Trinajstić information content (AvgIpc) is 3.05. The zero-order valence-corrected chi connectivity index (χ0v) is 17.3. The molecule has 2 aliphatic rings. The Kier molecular flexibility index (Phi) is 5.74. The lowest BCUT2D eigenvalue weighted by Crippen LogP contribution is -2.41. The third-order valence-electron chi connectivity index (χ3n) is 5.24. The summed E-state index contributed by atoms with van der Waals surface area (Å²) in [6.45, 7) is 0. The van der Waals surface area contributed by atoms with Gasteiger partial charge in [-0.3, -0.25) is 9.69 Å². The SMILES string of the molecule is O=C1C(c2ccccc2)SC(=NS(=O)(=O)c2ccc(F)cc2)N1C1CCCCC1. The maximum atomic E-state index is 13.3. The predicted octanol–water partition coefficient (Wildman–Crippen LogP) is 4.52. The Morgan fingerprint density at radius 3 is 2.28 bits per heavy atom. The van der Waals surface area contributed by atoms with Crippen molar-refractivity contribution in [1.29, 1.82) is 0 Å². The molecule has 8 heteroatoms. The number of hydrogen-bond donors (Lipinski definition) is 0. The van der Waals surface area contributed by atoms with Crippen LogP contribution in [0.3, 0.4) is 0 Å². The van der Waals surface area contributed by atoms with Gasteiger partial charge in [-0.25, -0.2) is 4.39 Å². The second-order valence-corrected chi connectivity index (χ2v) is 9.89. The Labute approximate surface area is 174 Å². The molecule has 4 rings (SSSR count). The summed E-state index contributed by atoms with van der Waals surface area (Å²) in [5.74, 6) is -0.642. The fourth-order valence-electron chi connectivity index (χ4n) is 3.77. The molecule has 29 heavy (non-hydrogen) atoms. The van der Waals surface area contributed by atoms with Crippen molar-refractivity contribution in [2.24, 2.45) is 4.40 Å². The van der Waals surface area contributed by atoms with Gasteiger partial charge < -0.3 is 0 Å². The molecule has 5 nitrogen and oxygen atoms in total. The first-order valence-corrected chi connectivity index (χ1v) is 11.9. The van der Waals surface area contributed by atoms with Gasteiger partial charge in [0.1, 0.15) is 11.1 Å². The number of benzene rings is 2. The van der Waals surface area contributed by atoms with Crippen LogP contribution in [-0.4, -0.2) is 30.4 Å². The second kappa shape index (κ2) is 8.28. The largest absolute Gasteiger partial charge is 0.286 e. The van der Waals surface area contributed by atoms with Gasteiger partial charge in [0, 0.05) is 6.04 Å². The summed E-state index contributed by atoms with van der Waals surface area (Å²) >= 11 is 1.17. The maximum absolute atomic E-state index is 13.3. The number of nitrogens with zero attached hydrogens (tertiary/aromatic N) is 2. The van der Waals surface area contributed by atoms with Gasteiger partial charge in [0.15, 0.2) is 5.17 Å². The molecular formula is C21H21FN2O3S2. The smallest absolute Gasteiger partial charge is 0.284 e. The standard InChI is InChI=1S/C21H21FN2O3S2/c22-16-11-13-18(14-12-16)29(26,27)23-21-24(17-9-5-2-6-10-17)20(25)19(28-21)15-7-3-1-4-8-15/h1,3-4,7-8,11-14,17,19H,2,5-6,9-10H2. The Balaban J connectivity index is 1.72. The highest BCUT2D eigenvalue weighted by atomic mass is 32.2. The van der Waals surface area contributed by atoms with E-state index >= 15 is 0 Å². The molecule has 152 valence electrons. The van der Waals surface area contributed by atoms with Crippen molar-refractivity contribution in [3.8, 4) is 0 Å². The summed E-state index contributed by atoms with van der Waals surface area (Å²) in [7, 11) is -4.05. The summed E-state index contributed by atoms with van der Waals surface area (Å²) in [5.41, 5.74) is 0.827. The van der Waals surface area contributed by atoms with Gasteiger partial charge in [-0.15, -0.1) is 4.40 Å². The van der Waals surface area contributed by atoms with E-state index in [0.29, 0.717) is 0 Å². The molecular weight excluding hydrogens is 411 g/mol. The van der Waals surface area contributed by atoms with Crippen molar-refractivity contribution in [3.05, 3.63) is 66.0 Å². The normalized spacial score (nSPS) is 22.4. The summed E-state index contributed by atoms with van der Waals surface area (Å²) in [5, 5.41) is -0.305. The van der Waals surface area contributed by atoms with E-state index in [1.165, 1.54) is 23.9 Å². The van der Waals surface area contributed by atoms with Crippen molar-refractivity contribution in [1.82, 2.24) is 4.90 Å². The first-order chi connectivity index (χ1) is 14.0. The molecule has 2 aromatic rings. The summed E-state index contributed by atoms with van der Waals surface area (Å²) in [4.78, 5) is 14.8. The van der Waals surface area contributed by atoms with E-state index in [9.17, 15) is 17.6 Å². The van der Waals surface area contributed by atoms with Gasteiger partial charge in [-0.05, 0) is 42.7 Å². The lowest BCUT2D eigenvalue weighted by Gasteiger charge is -2.30. The molecule has 1 heterocycles. The zero-order valence-electron chi connectivity index (χ0n) is 15.7. The summed E-state index contributed by atoms with van der Waals surface area (Å²) in [6.07, 6.45) is 4.81. The minimum absolute atomic E-state index is 0.0420. The van der Waals surface area contributed by atoms with Crippen molar-refractivity contribution in [3.63, 3.8) is 0 Å². The first kappa shape index (κ1) is 20.1. The molecule has 0 bridgehead atoms. The monoisotopic (exact) mass is 432 g/mol. The van der Waals surface area contributed by atoms with E-state index in [1.54, 1.807) is 4.90 Å². The predicted molar refractivity (Wildman–Crippen MR) is 112 cm³/mol. The van der Waals surface area contributed by atoms with Crippen molar-refractivity contribution in [2.45, 2.75) is 48.3 Å². The molecule has 0 spiro atoms. The van der Waals surface area contributed by atoms with Gasteiger partial charge in [-0.1, -0.05) is 61.4 Å². The van der Waals surface area contributed by atoms with Gasteiger partial charge in [-0.2, -0.15) is 8.42 Å². The number of thioether (sulfide) groups is 1. The first-order valence-electron chi connectivity index (χ1n) is 9.61. The highest BCUT2D eigenvalue weighted by molar-refractivity contribution is 8.15. The average molecular weight is 433 g/mol. The summed E-state index contributed by atoms with van der Waals surface area (Å²) < 4.78 is 42.8. The van der Waals surface area contributed by atoms with Crippen LogP contribution >= 0.6 is 11.8 Å². The van der Waals surface area contributed by atoms with Crippen LogP contribution in [0.25, 0.3) is 0 Å². The van der Waals surface area contributed by atoms with Crippen LogP contribution in [0.4, 0.5) is 4.39 Å². The molecule has 0 N–H and O–H groups in total. The van der Waals surface area contributed by atoms with Crippen molar-refractivity contribution in [2.75, 3.05) is 0 Å². The molecule has 0 aromatic heterocycles. The Morgan fingerprint density at radius 1 is 0.966 bits per heavy atom. The number of amidine groups is 1. The van der Waals surface area contributed by atoms with Crippen LogP contribution in [0.15, 0.2) is 63.9 Å². The van der Waals surface area contributed by atoms with Gasteiger partial charge in [0.25, 0.3) is 10.0 Å². The van der Waals surface area contributed by atoms with Crippen LogP contribution in [0, 0.1) is 5.82 Å². The van der Waals surface area contributed by atoms with Gasteiger partial charge in [0.05, 0.1) is 4.90 Å². The molecule has 0 radical (unpaired) electrons. The van der Waals surface area contributed by atoms with Crippen molar-refractivity contribution >= 4 is 32.9 Å². The molecule has 1 saturated heterocycles. The number of carbonyl (C=O) groups excluding carboxylic acids is 1. The number of hydrogen-bond acceptors (Lipinski definition) is 4. The van der Waals surface area contributed by atoms with E-state index in [2.05, 4.69) is 4.40 Å². The fourth-order valence-corrected chi connectivity index (χ4v) is 6.19. The highest BCUT2D eigenvalue weighted by Crippen LogP contribution is 2.43. The lowest BCUT2D eigenvalue weighted by atomic mass is 9.94. The molecule has 2 fully saturated rings. The molecule has 2 aromatic carbocycles. The topological polar surface area (TPSA) is 66.8 Å². The number of sulfonamides is 1. The van der Waals surface area contributed by atoms with E-state index in [-0.39, 0.29) is 22.0 Å². The van der Waals surface area contributed by atoms with E-state index < -0.39 is 21.1 Å². The molecule has 1 aliphatic heterocycles. The Hall–Kier alpha value is -2.19. The van der Waals surface area contributed by atoms with Crippen LogP contribution in [0.1, 0.15) is 42.9 Å². The minimum atomic E-state index is -4.05. The van der Waals surface area contributed by atoms with Crippen LogP contribution < -0.4 is 0 Å². The van der Waals surface area contributed by atoms with Crippen LogP contribution in [-0.2, 0) is 14.8 Å². The maximum Gasteiger partial charge on any atom is 0.284 e. The highest BCUT2D eigenvalue weighted by Gasteiger charge is 2.43. The van der Waals surface area contributed by atoms with E-state index in [1.807, 2.05) is 30.3 Å². The quantitative estimate of drug-likeness (QED) is 0.712. The zero-order chi connectivity index (χ0) is 20.4. The molecule has 1 aliphatic carbocycles. The number of halogens is 1. The molecule has 1 unspecified atom stereocenters. The van der Waals surface area contributed by atoms with Crippen LogP contribution in [0.2, 0.25) is 0 Å². The van der Waals surface area contributed by atoms with E-state index in [0.717, 1.165) is 49.8 Å². The third-order valence-corrected chi connectivity index (χ3v) is 7.85. The fraction of sp³-hybridized carbons (Fsp3) is 0.333. The number of amides is 1. The van der Waals surface area contributed by atoms with Gasteiger partial charge >= 0.3 is 0 Å². The molecule has 1 atom stereocenters. The minimum Gasteiger partial charge on any atom is -0.286 e. The number of rotatable bonds is 4. The lowest BCUT2D eigenvalue weighted by molar-refractivity contribution is -0.128. The molecule has 1 saturated carbocycles.